The summed E-state index contributed by atoms with van der Waals surface area (Å²) in [6.07, 6.45) is 4.54. The van der Waals surface area contributed by atoms with Crippen LogP contribution in [0.15, 0.2) is 0 Å². The zero-order valence-electron chi connectivity index (χ0n) is 12.2. The summed E-state index contributed by atoms with van der Waals surface area (Å²) in [6, 6.07) is -0.271. The smallest absolute Gasteiger partial charge is 0.282 e. The molecule has 0 aliphatic carbocycles. The summed E-state index contributed by atoms with van der Waals surface area (Å²) < 4.78 is 34.0. The predicted molar refractivity (Wildman–Crippen MR) is 76.6 cm³/mol. The Morgan fingerprint density at radius 3 is 2.70 bits per heavy atom. The average Bonchev–Trinajstić information content (AvgIpc) is 2.97. The highest BCUT2D eigenvalue weighted by atomic mass is 32.2. The van der Waals surface area contributed by atoms with Gasteiger partial charge in [0.05, 0.1) is 12.7 Å². The molecule has 118 valence electrons. The third-order valence-electron chi connectivity index (χ3n) is 4.19. The van der Waals surface area contributed by atoms with Gasteiger partial charge in [-0.1, -0.05) is 13.3 Å². The van der Waals surface area contributed by atoms with Crippen molar-refractivity contribution in [3.05, 3.63) is 0 Å². The van der Waals surface area contributed by atoms with Crippen LogP contribution in [0, 0.1) is 0 Å². The van der Waals surface area contributed by atoms with Crippen LogP contribution in [0.5, 0.6) is 0 Å². The molecule has 0 aromatic carbocycles. The van der Waals surface area contributed by atoms with Crippen molar-refractivity contribution in [3.8, 4) is 0 Å². The number of hydrogen-bond acceptors (Lipinski definition) is 4. The van der Waals surface area contributed by atoms with Crippen molar-refractivity contribution < 1.29 is 18.3 Å². The summed E-state index contributed by atoms with van der Waals surface area (Å²) in [4.78, 5) is 0. The predicted octanol–water partition coefficient (Wildman–Crippen LogP) is 0.579. The van der Waals surface area contributed by atoms with Gasteiger partial charge in [-0.05, 0) is 25.7 Å². The molecule has 2 atom stereocenters. The Labute approximate surface area is 121 Å². The van der Waals surface area contributed by atoms with Gasteiger partial charge in [-0.3, -0.25) is 0 Å². The molecule has 2 saturated heterocycles. The monoisotopic (exact) mass is 306 g/mol. The van der Waals surface area contributed by atoms with Crippen LogP contribution in [-0.4, -0.2) is 67.1 Å². The number of aliphatic hydroxyl groups is 1. The molecule has 2 heterocycles. The lowest BCUT2D eigenvalue weighted by Gasteiger charge is -2.37. The Bertz CT molecular complexity index is 395. The minimum atomic E-state index is -3.50. The topological polar surface area (TPSA) is 70.1 Å². The average molecular weight is 306 g/mol. The lowest BCUT2D eigenvalue weighted by Crippen LogP contribution is -2.53. The Balaban J connectivity index is 2.08. The van der Waals surface area contributed by atoms with Crippen molar-refractivity contribution in [2.75, 3.05) is 32.8 Å². The van der Waals surface area contributed by atoms with Gasteiger partial charge in [-0.15, -0.1) is 0 Å². The highest BCUT2D eigenvalue weighted by Gasteiger charge is 2.36. The number of piperidine rings is 1. The molecule has 2 aliphatic heterocycles. The summed E-state index contributed by atoms with van der Waals surface area (Å²) in [7, 11) is -3.50. The first-order valence-electron chi connectivity index (χ1n) is 7.59. The highest BCUT2D eigenvalue weighted by molar-refractivity contribution is 7.86. The molecule has 0 bridgehead atoms. The van der Waals surface area contributed by atoms with Crippen LogP contribution >= 0.6 is 0 Å². The first-order chi connectivity index (χ1) is 9.59. The maximum Gasteiger partial charge on any atom is 0.282 e. The van der Waals surface area contributed by atoms with Crippen molar-refractivity contribution in [1.82, 2.24) is 8.61 Å². The molecule has 0 spiro atoms. The van der Waals surface area contributed by atoms with Gasteiger partial charge in [-0.2, -0.15) is 17.0 Å². The van der Waals surface area contributed by atoms with E-state index in [-0.39, 0.29) is 18.8 Å². The van der Waals surface area contributed by atoms with Gasteiger partial charge in [0.15, 0.2) is 0 Å². The number of likely N-dealkylation sites (N-methyl/N-ethyl adjacent to an activating group) is 1. The third kappa shape index (κ3) is 3.51. The molecule has 20 heavy (non-hydrogen) atoms. The SMILES string of the molecule is CCN(CC1CCCO1)S(=O)(=O)N1CCCCC1CO. The zero-order chi connectivity index (χ0) is 14.6. The van der Waals surface area contributed by atoms with E-state index in [1.807, 2.05) is 6.92 Å². The standard InChI is InChI=1S/C13H26N2O4S/c1-2-14(10-13-7-5-9-19-13)20(17,18)15-8-4-3-6-12(15)11-16/h12-13,16H,2-11H2,1H3. The van der Waals surface area contributed by atoms with Crippen LogP contribution in [0.2, 0.25) is 0 Å². The minimum Gasteiger partial charge on any atom is -0.395 e. The molecule has 0 aromatic rings. The zero-order valence-corrected chi connectivity index (χ0v) is 13.0. The molecule has 2 unspecified atom stereocenters. The van der Waals surface area contributed by atoms with Gasteiger partial charge >= 0.3 is 0 Å². The second-order valence-corrected chi connectivity index (χ2v) is 7.42. The van der Waals surface area contributed by atoms with Gasteiger partial charge in [0, 0.05) is 32.3 Å². The number of ether oxygens (including phenoxy) is 1. The molecule has 0 saturated carbocycles. The normalized spacial score (nSPS) is 29.1. The summed E-state index contributed by atoms with van der Waals surface area (Å²) in [5.74, 6) is 0. The summed E-state index contributed by atoms with van der Waals surface area (Å²) in [5.41, 5.74) is 0. The van der Waals surface area contributed by atoms with Crippen molar-refractivity contribution >= 4 is 10.2 Å². The molecule has 7 heteroatoms. The molecule has 0 radical (unpaired) electrons. The van der Waals surface area contributed by atoms with Crippen LogP contribution < -0.4 is 0 Å². The fourth-order valence-electron chi connectivity index (χ4n) is 3.01. The van der Waals surface area contributed by atoms with E-state index in [9.17, 15) is 13.5 Å². The summed E-state index contributed by atoms with van der Waals surface area (Å²) in [5, 5.41) is 9.41. The first kappa shape index (κ1) is 16.2. The van der Waals surface area contributed by atoms with Gasteiger partial charge in [0.2, 0.25) is 0 Å². The van der Waals surface area contributed by atoms with Crippen LogP contribution in [-0.2, 0) is 14.9 Å². The lowest BCUT2D eigenvalue weighted by atomic mass is 10.1. The van der Waals surface area contributed by atoms with Crippen molar-refractivity contribution in [3.63, 3.8) is 0 Å². The Kier molecular flexibility index (Phi) is 5.80. The number of aliphatic hydroxyl groups excluding tert-OH is 1. The van der Waals surface area contributed by atoms with E-state index in [2.05, 4.69) is 0 Å². The van der Waals surface area contributed by atoms with Crippen LogP contribution in [0.3, 0.4) is 0 Å². The largest absolute Gasteiger partial charge is 0.395 e. The van der Waals surface area contributed by atoms with E-state index >= 15 is 0 Å². The quantitative estimate of drug-likeness (QED) is 0.779. The highest BCUT2D eigenvalue weighted by Crippen LogP contribution is 2.23. The van der Waals surface area contributed by atoms with Crippen molar-refractivity contribution in [2.45, 2.75) is 51.2 Å². The number of hydrogen-bond donors (Lipinski definition) is 1. The van der Waals surface area contributed by atoms with E-state index in [0.717, 1.165) is 38.7 Å². The summed E-state index contributed by atoms with van der Waals surface area (Å²) >= 11 is 0. The second kappa shape index (κ2) is 7.17. The van der Waals surface area contributed by atoms with Gasteiger partial charge < -0.3 is 9.84 Å². The van der Waals surface area contributed by atoms with Crippen molar-refractivity contribution in [2.24, 2.45) is 0 Å². The molecule has 2 fully saturated rings. The van der Waals surface area contributed by atoms with Crippen molar-refractivity contribution in [1.29, 1.82) is 0 Å². The molecule has 2 aliphatic rings. The fourth-order valence-corrected chi connectivity index (χ4v) is 4.90. The third-order valence-corrected chi connectivity index (χ3v) is 6.32. The van der Waals surface area contributed by atoms with E-state index in [0.29, 0.717) is 19.6 Å². The fraction of sp³-hybridized carbons (Fsp3) is 1.00. The minimum absolute atomic E-state index is 0.0158. The van der Waals surface area contributed by atoms with E-state index < -0.39 is 10.2 Å². The Morgan fingerprint density at radius 2 is 2.10 bits per heavy atom. The molecular formula is C13H26N2O4S. The van der Waals surface area contributed by atoms with E-state index in [1.165, 1.54) is 8.61 Å². The van der Waals surface area contributed by atoms with Gasteiger partial charge in [0.25, 0.3) is 10.2 Å². The first-order valence-corrected chi connectivity index (χ1v) is 8.98. The lowest BCUT2D eigenvalue weighted by molar-refractivity contribution is 0.0899. The second-order valence-electron chi connectivity index (χ2n) is 5.54. The molecule has 0 amide bonds. The van der Waals surface area contributed by atoms with E-state index in [1.54, 1.807) is 0 Å². The molecule has 1 N–H and O–H groups in total. The maximum atomic E-state index is 12.8. The van der Waals surface area contributed by atoms with Gasteiger partial charge in [-0.25, -0.2) is 0 Å². The van der Waals surface area contributed by atoms with E-state index in [4.69, 9.17) is 4.74 Å². The molecule has 6 nitrogen and oxygen atoms in total. The van der Waals surface area contributed by atoms with Crippen LogP contribution in [0.4, 0.5) is 0 Å². The van der Waals surface area contributed by atoms with Crippen LogP contribution in [0.25, 0.3) is 0 Å². The molecule has 0 aromatic heterocycles. The molecule has 2 rings (SSSR count). The number of rotatable bonds is 6. The Hall–Kier alpha value is -0.210. The molecular weight excluding hydrogens is 280 g/mol. The van der Waals surface area contributed by atoms with Gasteiger partial charge in [0.1, 0.15) is 0 Å². The Morgan fingerprint density at radius 1 is 1.30 bits per heavy atom. The van der Waals surface area contributed by atoms with Crippen LogP contribution in [0.1, 0.15) is 39.0 Å². The maximum absolute atomic E-state index is 12.8. The summed E-state index contributed by atoms with van der Waals surface area (Å²) in [6.45, 7) is 3.85. The number of nitrogens with zero attached hydrogens (tertiary/aromatic N) is 2.